The van der Waals surface area contributed by atoms with Gasteiger partial charge in [0, 0.05) is 19.6 Å². The van der Waals surface area contributed by atoms with Gasteiger partial charge in [0.05, 0.1) is 6.42 Å². The van der Waals surface area contributed by atoms with Gasteiger partial charge < -0.3 is 49.3 Å². The summed E-state index contributed by atoms with van der Waals surface area (Å²) in [5.41, 5.74) is 27.5. The van der Waals surface area contributed by atoms with Crippen LogP contribution in [-0.4, -0.2) is 83.3 Å². The zero-order chi connectivity index (χ0) is 29.7. The molecular formula is C25H40N10O5. The molecule has 0 aromatic heterocycles. The van der Waals surface area contributed by atoms with Crippen LogP contribution in [0.25, 0.3) is 0 Å². The molecule has 40 heavy (non-hydrogen) atoms. The maximum absolute atomic E-state index is 13.3. The van der Waals surface area contributed by atoms with Gasteiger partial charge in [-0.05, 0) is 56.2 Å². The molecule has 2 rings (SSSR count). The van der Waals surface area contributed by atoms with Crippen molar-refractivity contribution in [3.8, 4) is 5.75 Å². The fourth-order valence-corrected chi connectivity index (χ4v) is 4.33. The summed E-state index contributed by atoms with van der Waals surface area (Å²) < 4.78 is 0. The zero-order valence-corrected chi connectivity index (χ0v) is 22.4. The first kappa shape index (κ1) is 31.7. The SMILES string of the molecule is NC(=O)C(CCCN=C(N)N)NC(=O)C(CCCN=C(N)N)NC(=O)[C@@H]1CCCN1C(=O)Cc1ccc(O)cc1. The number of rotatable bonds is 15. The van der Waals surface area contributed by atoms with E-state index in [1.165, 1.54) is 17.0 Å². The van der Waals surface area contributed by atoms with Crippen LogP contribution in [0.3, 0.4) is 0 Å². The molecule has 1 aromatic carbocycles. The molecule has 1 aromatic rings. The van der Waals surface area contributed by atoms with Crippen molar-refractivity contribution in [2.75, 3.05) is 19.6 Å². The number of hydrogen-bond donors (Lipinski definition) is 8. The second-order valence-corrected chi connectivity index (χ2v) is 9.51. The Morgan fingerprint density at radius 2 is 1.48 bits per heavy atom. The molecule has 1 aliphatic heterocycles. The molecule has 4 amide bonds. The number of primary amides is 1. The third-order valence-corrected chi connectivity index (χ3v) is 6.35. The lowest BCUT2D eigenvalue weighted by Gasteiger charge is -2.27. The molecule has 1 heterocycles. The van der Waals surface area contributed by atoms with Gasteiger partial charge in [-0.15, -0.1) is 0 Å². The summed E-state index contributed by atoms with van der Waals surface area (Å²) in [6.45, 7) is 0.868. The van der Waals surface area contributed by atoms with E-state index in [9.17, 15) is 24.3 Å². The minimum Gasteiger partial charge on any atom is -0.508 e. The van der Waals surface area contributed by atoms with Crippen LogP contribution in [0.4, 0.5) is 0 Å². The number of phenols is 1. The van der Waals surface area contributed by atoms with Crippen molar-refractivity contribution in [3.05, 3.63) is 29.8 Å². The van der Waals surface area contributed by atoms with Crippen molar-refractivity contribution in [2.24, 2.45) is 38.7 Å². The standard InChI is InChI=1S/C25H40N10O5/c26-21(38)17(4-1-11-31-24(27)28)33-22(39)18(5-2-12-32-25(29)30)34-23(40)19-6-3-13-35(19)20(37)14-15-7-9-16(36)10-8-15/h7-10,17-19,36H,1-6,11-14H2,(H2,26,38)(H,33,39)(H,34,40)(H4,27,28,31)(H4,29,30,32)/t17?,18?,19-/m0/s1. The Bertz CT molecular complexity index is 1080. The molecule has 3 atom stereocenters. The number of phenolic OH excluding ortho intramolecular Hbond substituents is 1. The van der Waals surface area contributed by atoms with Gasteiger partial charge in [0.15, 0.2) is 11.9 Å². The summed E-state index contributed by atoms with van der Waals surface area (Å²) in [6, 6.07) is 3.46. The molecule has 0 aliphatic carbocycles. The van der Waals surface area contributed by atoms with Gasteiger partial charge in [-0.1, -0.05) is 12.1 Å². The minimum atomic E-state index is -1.03. The number of hydrogen-bond acceptors (Lipinski definition) is 7. The third-order valence-electron chi connectivity index (χ3n) is 6.35. The number of carbonyl (C=O) groups is 4. The Kier molecular flexibility index (Phi) is 12.5. The van der Waals surface area contributed by atoms with E-state index in [2.05, 4.69) is 20.6 Å². The van der Waals surface area contributed by atoms with Gasteiger partial charge >= 0.3 is 0 Å². The van der Waals surface area contributed by atoms with Crippen molar-refractivity contribution in [2.45, 2.75) is 63.1 Å². The molecule has 220 valence electrons. The number of carbonyl (C=O) groups excluding carboxylic acids is 4. The summed E-state index contributed by atoms with van der Waals surface area (Å²) in [5, 5.41) is 14.8. The second-order valence-electron chi connectivity index (χ2n) is 9.51. The lowest BCUT2D eigenvalue weighted by molar-refractivity contribution is -0.139. The van der Waals surface area contributed by atoms with Crippen molar-refractivity contribution >= 4 is 35.5 Å². The lowest BCUT2D eigenvalue weighted by Crippen LogP contribution is -2.56. The fourth-order valence-electron chi connectivity index (χ4n) is 4.33. The largest absolute Gasteiger partial charge is 0.508 e. The maximum Gasteiger partial charge on any atom is 0.243 e. The number of aromatic hydroxyl groups is 1. The smallest absolute Gasteiger partial charge is 0.243 e. The number of nitrogens with zero attached hydrogens (tertiary/aromatic N) is 3. The molecule has 1 fully saturated rings. The Hall–Kier alpha value is -4.56. The monoisotopic (exact) mass is 560 g/mol. The summed E-state index contributed by atoms with van der Waals surface area (Å²) in [4.78, 5) is 60.7. The normalized spacial score (nSPS) is 15.9. The van der Waals surface area contributed by atoms with Gasteiger partial charge in [-0.3, -0.25) is 29.2 Å². The van der Waals surface area contributed by atoms with E-state index >= 15 is 0 Å². The average molecular weight is 561 g/mol. The van der Waals surface area contributed by atoms with Crippen LogP contribution in [-0.2, 0) is 25.6 Å². The molecule has 15 nitrogen and oxygen atoms in total. The van der Waals surface area contributed by atoms with Crippen LogP contribution in [0, 0.1) is 0 Å². The van der Waals surface area contributed by atoms with Crippen LogP contribution in [0.5, 0.6) is 5.75 Å². The Morgan fingerprint density at radius 1 is 0.900 bits per heavy atom. The topological polar surface area (TPSA) is 271 Å². The van der Waals surface area contributed by atoms with Crippen molar-refractivity contribution in [1.82, 2.24) is 15.5 Å². The quantitative estimate of drug-likeness (QED) is 0.0638. The number of nitrogens with one attached hydrogen (secondary N) is 2. The van der Waals surface area contributed by atoms with E-state index in [1.54, 1.807) is 12.1 Å². The van der Waals surface area contributed by atoms with Crippen LogP contribution in [0.2, 0.25) is 0 Å². The van der Waals surface area contributed by atoms with Crippen molar-refractivity contribution < 1.29 is 24.3 Å². The number of aliphatic imine (C=N–C) groups is 2. The van der Waals surface area contributed by atoms with E-state index in [-0.39, 0.29) is 55.9 Å². The number of amides is 4. The molecule has 0 spiro atoms. The van der Waals surface area contributed by atoms with Gasteiger partial charge in [-0.25, -0.2) is 0 Å². The third kappa shape index (κ3) is 10.7. The first-order valence-corrected chi connectivity index (χ1v) is 13.1. The van der Waals surface area contributed by atoms with Crippen molar-refractivity contribution in [1.29, 1.82) is 0 Å². The fraction of sp³-hybridized carbons (Fsp3) is 0.520. The average Bonchev–Trinajstić information content (AvgIpc) is 3.39. The highest BCUT2D eigenvalue weighted by Gasteiger charge is 2.36. The number of guanidine groups is 2. The zero-order valence-electron chi connectivity index (χ0n) is 22.4. The van der Waals surface area contributed by atoms with Crippen LogP contribution in [0.1, 0.15) is 44.1 Å². The van der Waals surface area contributed by atoms with Crippen LogP contribution < -0.4 is 39.3 Å². The summed E-state index contributed by atoms with van der Waals surface area (Å²) in [6.07, 6.45) is 2.22. The maximum atomic E-state index is 13.3. The molecule has 1 saturated heterocycles. The molecule has 0 bridgehead atoms. The second kappa shape index (κ2) is 15.8. The first-order valence-electron chi connectivity index (χ1n) is 13.1. The van der Waals surface area contributed by atoms with Crippen molar-refractivity contribution in [3.63, 3.8) is 0 Å². The molecule has 0 radical (unpaired) electrons. The number of nitrogens with two attached hydrogens (primary N) is 5. The molecular weight excluding hydrogens is 520 g/mol. The Morgan fingerprint density at radius 3 is 2.02 bits per heavy atom. The Balaban J connectivity index is 2.08. The number of likely N-dealkylation sites (tertiary alicyclic amines) is 1. The Labute approximate surface area is 232 Å². The molecule has 2 unspecified atom stereocenters. The summed E-state index contributed by atoms with van der Waals surface area (Å²) in [5.74, 6) is -2.19. The molecule has 0 saturated carbocycles. The summed E-state index contributed by atoms with van der Waals surface area (Å²) >= 11 is 0. The first-order chi connectivity index (χ1) is 19.0. The van der Waals surface area contributed by atoms with Crippen LogP contribution in [0.15, 0.2) is 34.3 Å². The van der Waals surface area contributed by atoms with Gasteiger partial charge in [0.1, 0.15) is 23.9 Å². The lowest BCUT2D eigenvalue weighted by atomic mass is 10.1. The van der Waals surface area contributed by atoms with Crippen LogP contribution >= 0.6 is 0 Å². The van der Waals surface area contributed by atoms with E-state index in [1.807, 2.05) is 0 Å². The van der Waals surface area contributed by atoms with E-state index < -0.39 is 35.8 Å². The van der Waals surface area contributed by atoms with E-state index in [0.717, 1.165) is 0 Å². The molecule has 1 aliphatic rings. The minimum absolute atomic E-state index is 0.0621. The molecule has 13 N–H and O–H groups in total. The highest BCUT2D eigenvalue weighted by Crippen LogP contribution is 2.20. The van der Waals surface area contributed by atoms with Gasteiger partial charge in [0.25, 0.3) is 0 Å². The van der Waals surface area contributed by atoms with E-state index in [4.69, 9.17) is 28.7 Å². The predicted octanol–water partition coefficient (Wildman–Crippen LogP) is -2.51. The number of benzene rings is 1. The summed E-state index contributed by atoms with van der Waals surface area (Å²) in [7, 11) is 0. The van der Waals surface area contributed by atoms with Gasteiger partial charge in [0.2, 0.25) is 23.6 Å². The highest BCUT2D eigenvalue weighted by molar-refractivity contribution is 5.94. The highest BCUT2D eigenvalue weighted by atomic mass is 16.3. The molecule has 15 heteroatoms. The predicted molar refractivity (Wildman–Crippen MR) is 149 cm³/mol. The van der Waals surface area contributed by atoms with Gasteiger partial charge in [-0.2, -0.15) is 0 Å². The van der Waals surface area contributed by atoms with E-state index in [0.29, 0.717) is 37.8 Å².